The van der Waals surface area contributed by atoms with Crippen LogP contribution in [0.25, 0.3) is 0 Å². The SMILES string of the molecule is CC(CN)CCC(=O)NC(C)(C)C(C)O. The molecule has 2 unspecified atom stereocenters. The molecule has 0 heterocycles. The number of hydrogen-bond acceptors (Lipinski definition) is 3. The molecule has 0 aromatic heterocycles. The van der Waals surface area contributed by atoms with Gasteiger partial charge in [-0.05, 0) is 39.7 Å². The van der Waals surface area contributed by atoms with Gasteiger partial charge in [0.25, 0.3) is 0 Å². The first-order valence-electron chi connectivity index (χ1n) is 5.48. The quantitative estimate of drug-likeness (QED) is 0.610. The maximum absolute atomic E-state index is 11.5. The molecule has 0 fully saturated rings. The van der Waals surface area contributed by atoms with E-state index in [9.17, 15) is 9.90 Å². The van der Waals surface area contributed by atoms with Gasteiger partial charge in [-0.25, -0.2) is 0 Å². The minimum absolute atomic E-state index is 0.0267. The van der Waals surface area contributed by atoms with Gasteiger partial charge >= 0.3 is 0 Å². The minimum Gasteiger partial charge on any atom is -0.391 e. The van der Waals surface area contributed by atoms with Gasteiger partial charge in [0.15, 0.2) is 0 Å². The molecule has 0 spiro atoms. The van der Waals surface area contributed by atoms with Crippen LogP contribution >= 0.6 is 0 Å². The van der Waals surface area contributed by atoms with Crippen molar-refractivity contribution >= 4 is 5.91 Å². The number of nitrogens with one attached hydrogen (secondary N) is 1. The number of amides is 1. The monoisotopic (exact) mass is 216 g/mol. The average molecular weight is 216 g/mol. The van der Waals surface area contributed by atoms with Gasteiger partial charge in [0.2, 0.25) is 5.91 Å². The van der Waals surface area contributed by atoms with E-state index in [0.717, 1.165) is 6.42 Å². The Hall–Kier alpha value is -0.610. The van der Waals surface area contributed by atoms with Crippen molar-refractivity contribution in [2.45, 2.75) is 52.2 Å². The van der Waals surface area contributed by atoms with E-state index in [4.69, 9.17) is 5.73 Å². The topological polar surface area (TPSA) is 75.4 Å². The number of nitrogens with two attached hydrogens (primary N) is 1. The molecule has 15 heavy (non-hydrogen) atoms. The lowest BCUT2D eigenvalue weighted by Crippen LogP contribution is -2.51. The Balaban J connectivity index is 3.94. The van der Waals surface area contributed by atoms with E-state index in [1.165, 1.54) is 0 Å². The summed E-state index contributed by atoms with van der Waals surface area (Å²) in [5, 5.41) is 12.2. The highest BCUT2D eigenvalue weighted by Crippen LogP contribution is 2.10. The Bertz CT molecular complexity index is 203. The Morgan fingerprint density at radius 1 is 1.47 bits per heavy atom. The van der Waals surface area contributed by atoms with E-state index in [-0.39, 0.29) is 5.91 Å². The van der Waals surface area contributed by atoms with Crippen LogP contribution in [0.1, 0.15) is 40.5 Å². The molecule has 1 amide bonds. The van der Waals surface area contributed by atoms with Crippen molar-refractivity contribution < 1.29 is 9.90 Å². The molecule has 0 aromatic carbocycles. The van der Waals surface area contributed by atoms with Crippen LogP contribution in [0.2, 0.25) is 0 Å². The Morgan fingerprint density at radius 3 is 2.40 bits per heavy atom. The van der Waals surface area contributed by atoms with Crippen molar-refractivity contribution in [1.82, 2.24) is 5.32 Å². The van der Waals surface area contributed by atoms with Gasteiger partial charge in [-0.2, -0.15) is 0 Å². The third-order valence-corrected chi connectivity index (χ3v) is 2.77. The molecule has 90 valence electrons. The minimum atomic E-state index is -0.566. The number of carbonyl (C=O) groups excluding carboxylic acids is 1. The highest BCUT2D eigenvalue weighted by Gasteiger charge is 2.25. The van der Waals surface area contributed by atoms with Crippen LogP contribution in [-0.2, 0) is 4.79 Å². The Kier molecular flexibility index (Phi) is 5.83. The molecule has 4 heteroatoms. The van der Waals surface area contributed by atoms with Crippen molar-refractivity contribution in [2.75, 3.05) is 6.54 Å². The molecule has 2 atom stereocenters. The average Bonchev–Trinajstić information content (AvgIpc) is 2.13. The molecule has 0 saturated carbocycles. The van der Waals surface area contributed by atoms with E-state index in [1.54, 1.807) is 6.92 Å². The van der Waals surface area contributed by atoms with Crippen molar-refractivity contribution in [3.8, 4) is 0 Å². The second-order valence-electron chi connectivity index (χ2n) is 4.83. The van der Waals surface area contributed by atoms with Gasteiger partial charge in [-0.3, -0.25) is 4.79 Å². The second-order valence-corrected chi connectivity index (χ2v) is 4.83. The summed E-state index contributed by atoms with van der Waals surface area (Å²) in [6.07, 6.45) is 0.695. The summed E-state index contributed by atoms with van der Waals surface area (Å²) in [5.74, 6) is 0.339. The summed E-state index contributed by atoms with van der Waals surface area (Å²) in [6, 6.07) is 0. The number of aliphatic hydroxyl groups is 1. The molecule has 0 rings (SSSR count). The van der Waals surface area contributed by atoms with Crippen LogP contribution in [0, 0.1) is 5.92 Å². The maximum atomic E-state index is 11.5. The zero-order valence-corrected chi connectivity index (χ0v) is 10.2. The van der Waals surface area contributed by atoms with Gasteiger partial charge in [0.05, 0.1) is 11.6 Å². The van der Waals surface area contributed by atoms with Crippen molar-refractivity contribution in [1.29, 1.82) is 0 Å². The number of rotatable bonds is 6. The summed E-state index contributed by atoms with van der Waals surface area (Å²) in [4.78, 5) is 11.5. The van der Waals surface area contributed by atoms with Gasteiger partial charge in [-0.1, -0.05) is 6.92 Å². The summed E-state index contributed by atoms with van der Waals surface area (Å²) < 4.78 is 0. The van der Waals surface area contributed by atoms with E-state index in [2.05, 4.69) is 5.32 Å². The fourth-order valence-electron chi connectivity index (χ4n) is 1.02. The zero-order chi connectivity index (χ0) is 12.1. The summed E-state index contributed by atoms with van der Waals surface area (Å²) in [5.41, 5.74) is 4.90. The number of carbonyl (C=O) groups is 1. The van der Waals surface area contributed by atoms with Gasteiger partial charge in [0.1, 0.15) is 0 Å². The highest BCUT2D eigenvalue weighted by molar-refractivity contribution is 5.76. The Labute approximate surface area is 92.2 Å². The van der Waals surface area contributed by atoms with E-state index < -0.39 is 11.6 Å². The predicted octanol–water partition coefficient (Wildman–Crippen LogP) is 0.637. The first-order chi connectivity index (χ1) is 6.79. The predicted molar refractivity (Wildman–Crippen MR) is 61.4 cm³/mol. The van der Waals surface area contributed by atoms with Crippen LogP contribution in [0.5, 0.6) is 0 Å². The van der Waals surface area contributed by atoms with Crippen LogP contribution in [0.3, 0.4) is 0 Å². The summed E-state index contributed by atoms with van der Waals surface area (Å²) in [7, 11) is 0. The molecule has 0 saturated heterocycles. The van der Waals surface area contributed by atoms with Crippen molar-refractivity contribution in [2.24, 2.45) is 11.7 Å². The van der Waals surface area contributed by atoms with Gasteiger partial charge in [0, 0.05) is 6.42 Å². The normalized spacial score (nSPS) is 15.9. The first kappa shape index (κ1) is 14.4. The molecule has 4 N–H and O–H groups in total. The molecule has 0 aliphatic carbocycles. The van der Waals surface area contributed by atoms with Crippen LogP contribution in [0.15, 0.2) is 0 Å². The summed E-state index contributed by atoms with van der Waals surface area (Å²) >= 11 is 0. The fraction of sp³-hybridized carbons (Fsp3) is 0.909. The number of hydrogen-bond donors (Lipinski definition) is 3. The molecular formula is C11H24N2O2. The van der Waals surface area contributed by atoms with Gasteiger partial charge < -0.3 is 16.2 Å². The molecule has 0 bridgehead atoms. The van der Waals surface area contributed by atoms with Crippen LogP contribution in [-0.4, -0.2) is 29.2 Å². The van der Waals surface area contributed by atoms with Gasteiger partial charge in [-0.15, -0.1) is 0 Å². The molecule has 0 aromatic rings. The fourth-order valence-corrected chi connectivity index (χ4v) is 1.02. The molecular weight excluding hydrogens is 192 g/mol. The van der Waals surface area contributed by atoms with Crippen molar-refractivity contribution in [3.05, 3.63) is 0 Å². The lowest BCUT2D eigenvalue weighted by molar-refractivity contribution is -0.124. The van der Waals surface area contributed by atoms with E-state index in [0.29, 0.717) is 18.9 Å². The highest BCUT2D eigenvalue weighted by atomic mass is 16.3. The molecule has 0 aliphatic heterocycles. The third kappa shape index (κ3) is 5.74. The molecule has 0 radical (unpaired) electrons. The van der Waals surface area contributed by atoms with Crippen LogP contribution in [0.4, 0.5) is 0 Å². The van der Waals surface area contributed by atoms with E-state index >= 15 is 0 Å². The van der Waals surface area contributed by atoms with E-state index in [1.807, 2.05) is 20.8 Å². The first-order valence-corrected chi connectivity index (χ1v) is 5.48. The molecule has 0 aliphatic rings. The smallest absolute Gasteiger partial charge is 0.220 e. The molecule has 4 nitrogen and oxygen atoms in total. The van der Waals surface area contributed by atoms with Crippen molar-refractivity contribution in [3.63, 3.8) is 0 Å². The summed E-state index contributed by atoms with van der Waals surface area (Å²) in [6.45, 7) is 7.91. The standard InChI is InChI=1S/C11H24N2O2/c1-8(7-12)5-6-10(15)13-11(3,4)9(2)14/h8-9,14H,5-7,12H2,1-4H3,(H,13,15). The lowest BCUT2D eigenvalue weighted by Gasteiger charge is -2.29. The zero-order valence-electron chi connectivity index (χ0n) is 10.2. The maximum Gasteiger partial charge on any atom is 0.220 e. The largest absolute Gasteiger partial charge is 0.391 e. The van der Waals surface area contributed by atoms with Crippen LogP contribution < -0.4 is 11.1 Å². The lowest BCUT2D eigenvalue weighted by atomic mass is 9.98. The third-order valence-electron chi connectivity index (χ3n) is 2.77. The number of aliphatic hydroxyl groups excluding tert-OH is 1. The second kappa shape index (κ2) is 6.08. The Morgan fingerprint density at radius 2 is 2.00 bits per heavy atom.